The van der Waals surface area contributed by atoms with Crippen molar-refractivity contribution < 1.29 is 9.59 Å². The number of rotatable bonds is 7. The van der Waals surface area contributed by atoms with E-state index >= 15 is 0 Å². The SMILES string of the molecule is CCC(C)=O.CCCCC(=O)CCCC. The second kappa shape index (κ2) is 13.3. The Labute approximate surface area is 94.4 Å². The van der Waals surface area contributed by atoms with E-state index in [1.807, 2.05) is 6.92 Å². The van der Waals surface area contributed by atoms with Crippen LogP contribution in [0.2, 0.25) is 0 Å². The molecular formula is C13H26O2. The summed E-state index contributed by atoms with van der Waals surface area (Å²) in [5.74, 6) is 0.703. The fourth-order valence-electron chi connectivity index (χ4n) is 0.873. The van der Waals surface area contributed by atoms with Crippen LogP contribution in [0.1, 0.15) is 72.6 Å². The number of carbonyl (C=O) groups is 2. The highest BCUT2D eigenvalue weighted by molar-refractivity contribution is 5.78. The smallest absolute Gasteiger partial charge is 0.132 e. The highest BCUT2D eigenvalue weighted by Gasteiger charge is 1.98. The molecule has 0 aromatic rings. The highest BCUT2D eigenvalue weighted by Crippen LogP contribution is 2.02. The van der Waals surface area contributed by atoms with E-state index in [1.54, 1.807) is 6.92 Å². The van der Waals surface area contributed by atoms with Crippen molar-refractivity contribution in [2.24, 2.45) is 0 Å². The molecule has 0 spiro atoms. The maximum atomic E-state index is 11.0. The molecule has 90 valence electrons. The average Bonchev–Trinajstić information content (AvgIpc) is 2.24. The van der Waals surface area contributed by atoms with Gasteiger partial charge in [0.25, 0.3) is 0 Å². The molecule has 0 radical (unpaired) electrons. The summed E-state index contributed by atoms with van der Waals surface area (Å²) in [6, 6.07) is 0. The zero-order valence-electron chi connectivity index (χ0n) is 10.8. The molecule has 0 rings (SSSR count). The maximum absolute atomic E-state index is 11.0. The minimum absolute atomic E-state index is 0.255. The lowest BCUT2D eigenvalue weighted by Gasteiger charge is -1.96. The molecule has 0 aliphatic heterocycles. The Morgan fingerprint density at radius 1 is 0.867 bits per heavy atom. The van der Waals surface area contributed by atoms with Gasteiger partial charge in [0.2, 0.25) is 0 Å². The Kier molecular flexibility index (Phi) is 14.9. The molecule has 0 aromatic heterocycles. The van der Waals surface area contributed by atoms with E-state index < -0.39 is 0 Å². The van der Waals surface area contributed by atoms with E-state index in [0.29, 0.717) is 12.2 Å². The van der Waals surface area contributed by atoms with Gasteiger partial charge in [-0.3, -0.25) is 4.79 Å². The van der Waals surface area contributed by atoms with E-state index in [2.05, 4.69) is 13.8 Å². The lowest BCUT2D eigenvalue weighted by Crippen LogP contribution is -1.96. The first kappa shape index (κ1) is 16.8. The van der Waals surface area contributed by atoms with Gasteiger partial charge in [-0.25, -0.2) is 0 Å². The first-order valence-corrected chi connectivity index (χ1v) is 6.09. The summed E-state index contributed by atoms with van der Waals surface area (Å²) in [7, 11) is 0. The summed E-state index contributed by atoms with van der Waals surface area (Å²) in [6.07, 6.45) is 6.69. The molecule has 0 unspecified atom stereocenters. The summed E-state index contributed by atoms with van der Waals surface area (Å²) in [4.78, 5) is 20.8. The summed E-state index contributed by atoms with van der Waals surface area (Å²) in [5.41, 5.74) is 0. The molecule has 0 bridgehead atoms. The third-order valence-corrected chi connectivity index (χ3v) is 2.12. The molecule has 0 heterocycles. The summed E-state index contributed by atoms with van der Waals surface area (Å²) in [6.45, 7) is 7.67. The van der Waals surface area contributed by atoms with E-state index in [0.717, 1.165) is 38.5 Å². The lowest BCUT2D eigenvalue weighted by atomic mass is 10.1. The quantitative estimate of drug-likeness (QED) is 0.643. The summed E-state index contributed by atoms with van der Waals surface area (Å²) >= 11 is 0. The van der Waals surface area contributed by atoms with Crippen LogP contribution in [0.25, 0.3) is 0 Å². The molecular weight excluding hydrogens is 188 g/mol. The van der Waals surface area contributed by atoms with Gasteiger partial charge in [0, 0.05) is 19.3 Å². The molecule has 2 nitrogen and oxygen atoms in total. The van der Waals surface area contributed by atoms with Crippen LogP contribution in [0.5, 0.6) is 0 Å². The normalized spacial score (nSPS) is 9.07. The van der Waals surface area contributed by atoms with E-state index in [4.69, 9.17) is 0 Å². The monoisotopic (exact) mass is 214 g/mol. The van der Waals surface area contributed by atoms with E-state index in [-0.39, 0.29) is 5.78 Å². The van der Waals surface area contributed by atoms with Crippen LogP contribution in [0.3, 0.4) is 0 Å². The van der Waals surface area contributed by atoms with Gasteiger partial charge >= 0.3 is 0 Å². The number of ketones is 2. The number of hydrogen-bond acceptors (Lipinski definition) is 2. The summed E-state index contributed by atoms with van der Waals surface area (Å²) in [5, 5.41) is 0. The van der Waals surface area contributed by atoms with Crippen molar-refractivity contribution in [1.29, 1.82) is 0 Å². The fourth-order valence-corrected chi connectivity index (χ4v) is 0.873. The van der Waals surface area contributed by atoms with Crippen LogP contribution >= 0.6 is 0 Å². The summed E-state index contributed by atoms with van der Waals surface area (Å²) < 4.78 is 0. The van der Waals surface area contributed by atoms with Crippen LogP contribution in [0, 0.1) is 0 Å². The lowest BCUT2D eigenvalue weighted by molar-refractivity contribution is -0.119. The highest BCUT2D eigenvalue weighted by atomic mass is 16.1. The van der Waals surface area contributed by atoms with Crippen molar-refractivity contribution in [2.75, 3.05) is 0 Å². The molecule has 0 aromatic carbocycles. The molecule has 0 aliphatic carbocycles. The van der Waals surface area contributed by atoms with Gasteiger partial charge in [-0.1, -0.05) is 33.6 Å². The van der Waals surface area contributed by atoms with Crippen LogP contribution in [-0.2, 0) is 9.59 Å². The van der Waals surface area contributed by atoms with Crippen LogP contribution in [-0.4, -0.2) is 11.6 Å². The van der Waals surface area contributed by atoms with Gasteiger partial charge in [-0.15, -0.1) is 0 Å². The minimum atomic E-state index is 0.255. The van der Waals surface area contributed by atoms with Gasteiger partial charge in [0.1, 0.15) is 11.6 Å². The Morgan fingerprint density at radius 3 is 1.40 bits per heavy atom. The van der Waals surface area contributed by atoms with Crippen molar-refractivity contribution in [3.8, 4) is 0 Å². The first-order chi connectivity index (χ1) is 7.08. The Balaban J connectivity index is 0. The molecule has 0 amide bonds. The number of carbonyl (C=O) groups excluding carboxylic acids is 2. The van der Waals surface area contributed by atoms with Crippen molar-refractivity contribution in [2.45, 2.75) is 72.6 Å². The Morgan fingerprint density at radius 2 is 1.20 bits per heavy atom. The van der Waals surface area contributed by atoms with Gasteiger partial charge in [0.05, 0.1) is 0 Å². The molecule has 0 aliphatic rings. The molecule has 15 heavy (non-hydrogen) atoms. The molecule has 0 saturated carbocycles. The molecule has 0 fully saturated rings. The third kappa shape index (κ3) is 19.7. The Bertz CT molecular complexity index is 152. The van der Waals surface area contributed by atoms with Crippen molar-refractivity contribution in [3.05, 3.63) is 0 Å². The number of unbranched alkanes of at least 4 members (excludes halogenated alkanes) is 2. The van der Waals surface area contributed by atoms with Crippen molar-refractivity contribution in [3.63, 3.8) is 0 Å². The van der Waals surface area contributed by atoms with Crippen LogP contribution < -0.4 is 0 Å². The zero-order chi connectivity index (χ0) is 12.1. The predicted molar refractivity (Wildman–Crippen MR) is 65.0 cm³/mol. The van der Waals surface area contributed by atoms with Crippen molar-refractivity contribution >= 4 is 11.6 Å². The molecule has 0 N–H and O–H groups in total. The topological polar surface area (TPSA) is 34.1 Å². The van der Waals surface area contributed by atoms with Gasteiger partial charge in [-0.2, -0.15) is 0 Å². The number of hydrogen-bond donors (Lipinski definition) is 0. The average molecular weight is 214 g/mol. The molecule has 0 atom stereocenters. The first-order valence-electron chi connectivity index (χ1n) is 6.09. The predicted octanol–water partition coefficient (Wildman–Crippen LogP) is 3.92. The zero-order valence-corrected chi connectivity index (χ0v) is 10.8. The molecule has 0 saturated heterocycles. The maximum Gasteiger partial charge on any atom is 0.132 e. The number of Topliss-reactive ketones (excluding diaryl/α,β-unsaturated/α-hetero) is 2. The molecule has 2 heteroatoms. The van der Waals surface area contributed by atoms with Gasteiger partial charge in [-0.05, 0) is 19.8 Å². The Hall–Kier alpha value is -0.660. The minimum Gasteiger partial charge on any atom is -0.300 e. The van der Waals surface area contributed by atoms with Crippen molar-refractivity contribution in [1.82, 2.24) is 0 Å². The second-order valence-corrected chi connectivity index (χ2v) is 3.80. The largest absolute Gasteiger partial charge is 0.300 e. The van der Waals surface area contributed by atoms with E-state index in [9.17, 15) is 9.59 Å². The van der Waals surface area contributed by atoms with Crippen LogP contribution in [0.15, 0.2) is 0 Å². The third-order valence-electron chi connectivity index (χ3n) is 2.12. The fraction of sp³-hybridized carbons (Fsp3) is 0.846. The van der Waals surface area contributed by atoms with Gasteiger partial charge < -0.3 is 4.79 Å². The van der Waals surface area contributed by atoms with Crippen LogP contribution in [0.4, 0.5) is 0 Å². The van der Waals surface area contributed by atoms with E-state index in [1.165, 1.54) is 0 Å². The van der Waals surface area contributed by atoms with Gasteiger partial charge in [0.15, 0.2) is 0 Å². The standard InChI is InChI=1S/C9H18O.C4H8O/c1-3-5-7-9(10)8-6-4-2;1-3-4(2)5/h3-8H2,1-2H3;3H2,1-2H3. The second-order valence-electron chi connectivity index (χ2n) is 3.80.